The second-order valence-corrected chi connectivity index (χ2v) is 7.04. The quantitative estimate of drug-likeness (QED) is 0.831. The van der Waals surface area contributed by atoms with E-state index in [0.29, 0.717) is 38.2 Å². The molecule has 2 aliphatic rings. The number of benzene rings is 1. The van der Waals surface area contributed by atoms with E-state index in [9.17, 15) is 14.0 Å². The van der Waals surface area contributed by atoms with Gasteiger partial charge in [-0.2, -0.15) is 0 Å². The van der Waals surface area contributed by atoms with E-state index < -0.39 is 0 Å². The largest absolute Gasteiger partial charge is 0.338 e. The van der Waals surface area contributed by atoms with Crippen LogP contribution in [-0.2, 0) is 4.79 Å². The third-order valence-electron chi connectivity index (χ3n) is 5.26. The first-order valence-corrected chi connectivity index (χ1v) is 9.36. The van der Waals surface area contributed by atoms with Crippen LogP contribution in [0.25, 0.3) is 0 Å². The molecule has 3 heterocycles. The summed E-state index contributed by atoms with van der Waals surface area (Å²) >= 11 is 0. The van der Waals surface area contributed by atoms with Crippen molar-refractivity contribution in [1.82, 2.24) is 25.6 Å². The summed E-state index contributed by atoms with van der Waals surface area (Å²) in [6.07, 6.45) is 4.17. The van der Waals surface area contributed by atoms with E-state index in [1.807, 2.05) is 12.1 Å². The van der Waals surface area contributed by atoms with Gasteiger partial charge in [-0.1, -0.05) is 6.07 Å². The fourth-order valence-electron chi connectivity index (χ4n) is 3.64. The van der Waals surface area contributed by atoms with Crippen LogP contribution in [0.5, 0.6) is 0 Å². The van der Waals surface area contributed by atoms with Gasteiger partial charge in [0.05, 0.1) is 0 Å². The Morgan fingerprint density at radius 3 is 2.39 bits per heavy atom. The lowest BCUT2D eigenvalue weighted by Crippen LogP contribution is -2.54. The molecule has 2 atom stereocenters. The van der Waals surface area contributed by atoms with Crippen LogP contribution in [0.1, 0.15) is 28.4 Å². The summed E-state index contributed by atoms with van der Waals surface area (Å²) in [7, 11) is 0. The van der Waals surface area contributed by atoms with Gasteiger partial charge in [0, 0.05) is 50.2 Å². The Bertz CT molecular complexity index is 837. The molecule has 0 saturated carbocycles. The topological polar surface area (TPSA) is 77.6 Å². The summed E-state index contributed by atoms with van der Waals surface area (Å²) in [6.45, 7) is 1.91. The van der Waals surface area contributed by atoms with Crippen molar-refractivity contribution in [2.24, 2.45) is 0 Å². The SMILES string of the molecule is O=C(c1ccc(F)cc1)N1CCN(C(=O)C2CC(c3cccnc3)NN2)CC1. The zero-order chi connectivity index (χ0) is 19.5. The lowest BCUT2D eigenvalue weighted by molar-refractivity contribution is -0.134. The number of carbonyl (C=O) groups is 2. The van der Waals surface area contributed by atoms with E-state index in [1.165, 1.54) is 24.3 Å². The molecule has 2 N–H and O–H groups in total. The highest BCUT2D eigenvalue weighted by atomic mass is 19.1. The highest BCUT2D eigenvalue weighted by molar-refractivity contribution is 5.94. The van der Waals surface area contributed by atoms with Crippen LogP contribution in [0, 0.1) is 5.82 Å². The van der Waals surface area contributed by atoms with Gasteiger partial charge in [0.15, 0.2) is 0 Å². The summed E-state index contributed by atoms with van der Waals surface area (Å²) in [4.78, 5) is 33.0. The number of rotatable bonds is 3. The fraction of sp³-hybridized carbons (Fsp3) is 0.350. The van der Waals surface area contributed by atoms with Crippen LogP contribution in [0.4, 0.5) is 4.39 Å². The maximum absolute atomic E-state index is 13.0. The third kappa shape index (κ3) is 3.88. The van der Waals surface area contributed by atoms with Gasteiger partial charge in [-0.15, -0.1) is 0 Å². The smallest absolute Gasteiger partial charge is 0.253 e. The number of piperazine rings is 1. The Morgan fingerprint density at radius 1 is 1.00 bits per heavy atom. The summed E-state index contributed by atoms with van der Waals surface area (Å²) in [5.41, 5.74) is 7.75. The predicted molar refractivity (Wildman–Crippen MR) is 101 cm³/mol. The molecule has 2 unspecified atom stereocenters. The van der Waals surface area contributed by atoms with E-state index in [1.54, 1.807) is 22.2 Å². The molecular formula is C20H22FN5O2. The maximum atomic E-state index is 13.0. The Balaban J connectivity index is 1.31. The van der Waals surface area contributed by atoms with Crippen LogP contribution >= 0.6 is 0 Å². The zero-order valence-electron chi connectivity index (χ0n) is 15.3. The number of hydrazine groups is 1. The molecule has 2 aromatic rings. The molecule has 2 fully saturated rings. The number of hydrogen-bond acceptors (Lipinski definition) is 5. The van der Waals surface area contributed by atoms with Crippen molar-refractivity contribution in [3.63, 3.8) is 0 Å². The number of pyridine rings is 1. The summed E-state index contributed by atoms with van der Waals surface area (Å²) in [5, 5.41) is 0. The van der Waals surface area contributed by atoms with Gasteiger partial charge < -0.3 is 9.80 Å². The molecule has 0 bridgehead atoms. The van der Waals surface area contributed by atoms with Crippen molar-refractivity contribution in [3.05, 3.63) is 65.7 Å². The molecule has 8 heteroatoms. The van der Waals surface area contributed by atoms with Crippen molar-refractivity contribution >= 4 is 11.8 Å². The molecule has 0 aliphatic carbocycles. The average Bonchev–Trinajstić information content (AvgIpc) is 3.24. The Morgan fingerprint density at radius 2 is 1.71 bits per heavy atom. The van der Waals surface area contributed by atoms with Crippen LogP contribution < -0.4 is 10.9 Å². The molecule has 0 spiro atoms. The minimum Gasteiger partial charge on any atom is -0.338 e. The molecule has 146 valence electrons. The monoisotopic (exact) mass is 383 g/mol. The first-order chi connectivity index (χ1) is 13.6. The highest BCUT2D eigenvalue weighted by Crippen LogP contribution is 2.22. The minimum absolute atomic E-state index is 0.0350. The molecule has 2 aliphatic heterocycles. The van der Waals surface area contributed by atoms with E-state index in [-0.39, 0.29) is 29.7 Å². The first kappa shape index (κ1) is 18.5. The minimum atomic E-state index is -0.366. The normalized spacial score (nSPS) is 22.3. The maximum Gasteiger partial charge on any atom is 0.253 e. The summed E-state index contributed by atoms with van der Waals surface area (Å²) in [6, 6.07) is 9.15. The number of nitrogens with one attached hydrogen (secondary N) is 2. The third-order valence-corrected chi connectivity index (χ3v) is 5.26. The van der Waals surface area contributed by atoms with E-state index in [0.717, 1.165) is 5.56 Å². The fourth-order valence-corrected chi connectivity index (χ4v) is 3.64. The molecule has 4 rings (SSSR count). The predicted octanol–water partition coefficient (Wildman–Crippen LogP) is 1.11. The van der Waals surface area contributed by atoms with Gasteiger partial charge in [-0.3, -0.25) is 14.6 Å². The number of nitrogens with zero attached hydrogens (tertiary/aromatic N) is 3. The van der Waals surface area contributed by atoms with Crippen molar-refractivity contribution in [2.75, 3.05) is 26.2 Å². The van der Waals surface area contributed by atoms with Crippen LogP contribution in [0.15, 0.2) is 48.8 Å². The van der Waals surface area contributed by atoms with Crippen molar-refractivity contribution < 1.29 is 14.0 Å². The zero-order valence-corrected chi connectivity index (χ0v) is 15.3. The number of halogens is 1. The lowest BCUT2D eigenvalue weighted by atomic mass is 10.0. The van der Waals surface area contributed by atoms with Crippen molar-refractivity contribution in [2.45, 2.75) is 18.5 Å². The van der Waals surface area contributed by atoms with Gasteiger partial charge >= 0.3 is 0 Å². The average molecular weight is 383 g/mol. The van der Waals surface area contributed by atoms with E-state index in [2.05, 4.69) is 15.8 Å². The number of carbonyl (C=O) groups excluding carboxylic acids is 2. The number of hydrogen-bond donors (Lipinski definition) is 2. The van der Waals surface area contributed by atoms with Crippen molar-refractivity contribution in [3.8, 4) is 0 Å². The van der Waals surface area contributed by atoms with Crippen molar-refractivity contribution in [1.29, 1.82) is 0 Å². The Hall–Kier alpha value is -2.84. The highest BCUT2D eigenvalue weighted by Gasteiger charge is 2.34. The summed E-state index contributed by atoms with van der Waals surface area (Å²) < 4.78 is 13.0. The van der Waals surface area contributed by atoms with Crippen LogP contribution in [0.2, 0.25) is 0 Å². The van der Waals surface area contributed by atoms with Gasteiger partial charge in [0.2, 0.25) is 5.91 Å². The van der Waals surface area contributed by atoms with Gasteiger partial charge in [0.1, 0.15) is 11.9 Å². The molecule has 2 saturated heterocycles. The van der Waals surface area contributed by atoms with Gasteiger partial charge in [-0.05, 0) is 42.3 Å². The summed E-state index contributed by atoms with van der Waals surface area (Å²) in [5.74, 6) is -0.466. The van der Waals surface area contributed by atoms with E-state index >= 15 is 0 Å². The molecule has 0 radical (unpaired) electrons. The Labute approximate surface area is 162 Å². The molecule has 7 nitrogen and oxygen atoms in total. The first-order valence-electron chi connectivity index (χ1n) is 9.36. The van der Waals surface area contributed by atoms with Gasteiger partial charge in [0.25, 0.3) is 5.91 Å². The molecule has 1 aromatic heterocycles. The standard InChI is InChI=1S/C20H22FN5O2/c21-16-5-3-14(4-6-16)19(27)25-8-10-26(11-9-25)20(28)18-12-17(23-24-18)15-2-1-7-22-13-15/h1-7,13,17-18,23-24H,8-12H2. The molecule has 28 heavy (non-hydrogen) atoms. The van der Waals surface area contributed by atoms with Gasteiger partial charge in [-0.25, -0.2) is 15.2 Å². The second-order valence-electron chi connectivity index (χ2n) is 7.04. The second kappa shape index (κ2) is 8.04. The molecule has 2 amide bonds. The number of aromatic nitrogens is 1. The lowest BCUT2D eigenvalue weighted by Gasteiger charge is -2.36. The number of amides is 2. The Kier molecular flexibility index (Phi) is 5.31. The van der Waals surface area contributed by atoms with Crippen LogP contribution in [-0.4, -0.2) is 58.8 Å². The van der Waals surface area contributed by atoms with Crippen LogP contribution in [0.3, 0.4) is 0 Å². The van der Waals surface area contributed by atoms with E-state index in [4.69, 9.17) is 0 Å². The molecular weight excluding hydrogens is 361 g/mol. The molecule has 1 aromatic carbocycles.